The highest BCUT2D eigenvalue weighted by atomic mass is 35.5. The second-order valence-electron chi connectivity index (χ2n) is 8.02. The van der Waals surface area contributed by atoms with Crippen molar-refractivity contribution in [3.63, 3.8) is 0 Å². The Morgan fingerprint density at radius 3 is 2.38 bits per heavy atom. The topological polar surface area (TPSA) is 84.2 Å². The Hall–Kier alpha value is -2.51. The third-order valence-electron chi connectivity index (χ3n) is 5.62. The quantitative estimate of drug-likeness (QED) is 0.246. The molecule has 3 aromatic rings. The molecule has 0 aliphatic heterocycles. The number of aryl methyl sites for hydroxylation is 1. The van der Waals surface area contributed by atoms with Gasteiger partial charge in [-0.25, -0.2) is 4.39 Å². The Morgan fingerprint density at radius 2 is 1.71 bits per heavy atom. The fraction of sp³-hybridized carbons (Fsp3) is 0.167. The molecule has 5 nitrogen and oxygen atoms in total. The van der Waals surface area contributed by atoms with Crippen molar-refractivity contribution in [2.45, 2.75) is 17.2 Å². The van der Waals surface area contributed by atoms with E-state index in [0.29, 0.717) is 22.6 Å². The van der Waals surface area contributed by atoms with Crippen LogP contribution < -0.4 is 16.4 Å². The molecule has 0 saturated heterocycles. The van der Waals surface area contributed by atoms with Crippen molar-refractivity contribution >= 4 is 75.3 Å². The van der Waals surface area contributed by atoms with E-state index >= 15 is 0 Å². The van der Waals surface area contributed by atoms with Gasteiger partial charge in [0.2, 0.25) is 5.91 Å². The highest BCUT2D eigenvalue weighted by Crippen LogP contribution is 2.65. The van der Waals surface area contributed by atoms with Gasteiger partial charge in [-0.2, -0.15) is 0 Å². The van der Waals surface area contributed by atoms with Gasteiger partial charge >= 0.3 is 0 Å². The molecule has 0 heterocycles. The molecule has 1 aliphatic carbocycles. The molecule has 1 fully saturated rings. The summed E-state index contributed by atoms with van der Waals surface area (Å²) in [5.41, 5.74) is 8.74. The number of alkyl halides is 2. The van der Waals surface area contributed by atoms with Crippen LogP contribution in [0.3, 0.4) is 0 Å². The number of nitrogens with one attached hydrogen (secondary N) is 2. The molecule has 3 aromatic carbocycles. The normalized spacial score (nSPS) is 18.3. The van der Waals surface area contributed by atoms with Gasteiger partial charge in [-0.05, 0) is 66.6 Å². The number of nitrogens with two attached hydrogens (primary N) is 1. The minimum Gasteiger partial charge on any atom is -0.399 e. The van der Waals surface area contributed by atoms with Crippen LogP contribution in [0.15, 0.2) is 54.6 Å². The minimum atomic E-state index is -1.38. The van der Waals surface area contributed by atoms with Gasteiger partial charge in [-0.1, -0.05) is 29.3 Å². The van der Waals surface area contributed by atoms with Crippen LogP contribution >= 0.6 is 46.4 Å². The fourth-order valence-electron chi connectivity index (χ4n) is 3.79. The Balaban J connectivity index is 1.51. The summed E-state index contributed by atoms with van der Waals surface area (Å²) in [5, 5.41) is 5.63. The van der Waals surface area contributed by atoms with Crippen molar-refractivity contribution in [1.82, 2.24) is 0 Å². The number of halogens is 5. The average molecular weight is 541 g/mol. The van der Waals surface area contributed by atoms with E-state index in [1.807, 2.05) is 6.92 Å². The highest BCUT2D eigenvalue weighted by Gasteiger charge is 2.67. The van der Waals surface area contributed by atoms with Gasteiger partial charge in [0, 0.05) is 23.0 Å². The Morgan fingerprint density at radius 1 is 0.971 bits per heavy atom. The Labute approximate surface area is 215 Å². The largest absolute Gasteiger partial charge is 0.399 e. The first-order valence-electron chi connectivity index (χ1n) is 10.1. The number of nitrogen functional groups attached to an aromatic ring is 1. The third kappa shape index (κ3) is 4.82. The van der Waals surface area contributed by atoms with Crippen molar-refractivity contribution in [2.75, 3.05) is 16.4 Å². The van der Waals surface area contributed by atoms with Crippen LogP contribution in [0.25, 0.3) is 0 Å². The third-order valence-corrected chi connectivity index (χ3v) is 7.18. The van der Waals surface area contributed by atoms with E-state index in [-0.39, 0.29) is 15.6 Å². The number of hydrogen-bond acceptors (Lipinski definition) is 3. The molecule has 34 heavy (non-hydrogen) atoms. The molecule has 1 aliphatic rings. The predicted molar refractivity (Wildman–Crippen MR) is 136 cm³/mol. The fourth-order valence-corrected chi connectivity index (χ4v) is 5.01. The zero-order valence-electron chi connectivity index (χ0n) is 17.6. The summed E-state index contributed by atoms with van der Waals surface area (Å²) in [5.74, 6) is -2.87. The number of hydrogen-bond donors (Lipinski definition) is 3. The first-order chi connectivity index (χ1) is 16.0. The van der Waals surface area contributed by atoms with Crippen LogP contribution in [0.1, 0.15) is 27.4 Å². The SMILES string of the molecule is Cc1cc(N)ccc1NC(=O)c1cc(NC(=O)C2[C@H](c3ccc(F)c(Cl)c3)C2(Cl)Cl)ccc1Cl. The predicted octanol–water partition coefficient (Wildman–Crippen LogP) is 6.80. The molecule has 0 aromatic heterocycles. The number of anilines is 3. The van der Waals surface area contributed by atoms with E-state index in [1.54, 1.807) is 24.3 Å². The van der Waals surface area contributed by atoms with Gasteiger partial charge in [0.15, 0.2) is 0 Å². The smallest absolute Gasteiger partial charge is 0.257 e. The summed E-state index contributed by atoms with van der Waals surface area (Å²) in [6.07, 6.45) is 0. The molecule has 0 radical (unpaired) electrons. The lowest BCUT2D eigenvalue weighted by atomic mass is 10.1. The summed E-state index contributed by atoms with van der Waals surface area (Å²) < 4.78 is 12.1. The lowest BCUT2D eigenvalue weighted by molar-refractivity contribution is -0.117. The Kier molecular flexibility index (Phi) is 6.71. The molecular formula is C24H18Cl4FN3O2. The number of amides is 2. The zero-order chi connectivity index (χ0) is 24.8. The molecular weight excluding hydrogens is 523 g/mol. The summed E-state index contributed by atoms with van der Waals surface area (Å²) in [4.78, 5) is 25.8. The van der Waals surface area contributed by atoms with Crippen molar-refractivity contribution in [3.8, 4) is 0 Å². The van der Waals surface area contributed by atoms with Gasteiger partial charge < -0.3 is 16.4 Å². The summed E-state index contributed by atoms with van der Waals surface area (Å²) in [6.45, 7) is 1.81. The molecule has 176 valence electrons. The van der Waals surface area contributed by atoms with Gasteiger partial charge in [0.25, 0.3) is 5.91 Å². The first-order valence-corrected chi connectivity index (χ1v) is 11.6. The van der Waals surface area contributed by atoms with E-state index in [1.165, 1.54) is 30.3 Å². The molecule has 1 saturated carbocycles. The van der Waals surface area contributed by atoms with E-state index < -0.39 is 33.8 Å². The van der Waals surface area contributed by atoms with Gasteiger partial charge in [-0.15, -0.1) is 23.2 Å². The molecule has 0 bridgehead atoms. The van der Waals surface area contributed by atoms with Crippen molar-refractivity contribution in [3.05, 3.63) is 87.2 Å². The maximum atomic E-state index is 13.5. The maximum Gasteiger partial charge on any atom is 0.257 e. The van der Waals surface area contributed by atoms with E-state index in [4.69, 9.17) is 52.1 Å². The summed E-state index contributed by atoms with van der Waals surface area (Å²) in [6, 6.07) is 13.7. The second kappa shape index (κ2) is 9.27. The van der Waals surface area contributed by atoms with Gasteiger partial charge in [0.1, 0.15) is 10.2 Å². The molecule has 10 heteroatoms. The minimum absolute atomic E-state index is 0.0858. The van der Waals surface area contributed by atoms with Crippen LogP contribution in [0.4, 0.5) is 21.5 Å². The van der Waals surface area contributed by atoms with Crippen LogP contribution in [-0.2, 0) is 4.79 Å². The first kappa shape index (κ1) is 24.6. The van der Waals surface area contributed by atoms with Crippen molar-refractivity contribution in [2.24, 2.45) is 5.92 Å². The van der Waals surface area contributed by atoms with Crippen LogP contribution in [0.5, 0.6) is 0 Å². The zero-order valence-corrected chi connectivity index (χ0v) is 20.7. The van der Waals surface area contributed by atoms with Crippen molar-refractivity contribution < 1.29 is 14.0 Å². The standard InChI is InChI=1S/C24H18Cl4FN3O2/c1-11-8-13(30)3-7-19(11)32-22(33)15-10-14(4-5-16(15)25)31-23(34)21-20(24(21,27)28)12-2-6-18(29)17(26)9-12/h2-10,20-21H,30H2,1H3,(H,31,34)(H,32,33)/t20-,21?/m0/s1. The number of carbonyl (C=O) groups excluding carboxylic acids is 2. The molecule has 2 atom stereocenters. The maximum absolute atomic E-state index is 13.5. The van der Waals surface area contributed by atoms with E-state index in [0.717, 1.165) is 5.56 Å². The lowest BCUT2D eigenvalue weighted by Crippen LogP contribution is -2.18. The molecule has 4 N–H and O–H groups in total. The average Bonchev–Trinajstić information content (AvgIpc) is 3.35. The van der Waals surface area contributed by atoms with Gasteiger partial charge in [-0.3, -0.25) is 9.59 Å². The summed E-state index contributed by atoms with van der Waals surface area (Å²) in [7, 11) is 0. The highest BCUT2D eigenvalue weighted by molar-refractivity contribution is 6.53. The van der Waals surface area contributed by atoms with Crippen LogP contribution in [-0.4, -0.2) is 16.1 Å². The number of benzene rings is 3. The molecule has 1 unspecified atom stereocenters. The molecule has 0 spiro atoms. The van der Waals surface area contributed by atoms with Crippen molar-refractivity contribution in [1.29, 1.82) is 0 Å². The number of rotatable bonds is 5. The van der Waals surface area contributed by atoms with Gasteiger partial charge in [0.05, 0.1) is 21.5 Å². The number of carbonyl (C=O) groups is 2. The molecule has 2 amide bonds. The van der Waals surface area contributed by atoms with E-state index in [2.05, 4.69) is 10.6 Å². The summed E-state index contributed by atoms with van der Waals surface area (Å²) >= 11 is 24.8. The molecule has 4 rings (SSSR count). The van der Waals surface area contributed by atoms with E-state index in [9.17, 15) is 14.0 Å². The lowest BCUT2D eigenvalue weighted by Gasteiger charge is -2.12. The van der Waals surface area contributed by atoms with Crippen LogP contribution in [0.2, 0.25) is 10.0 Å². The van der Waals surface area contributed by atoms with Crippen LogP contribution in [0, 0.1) is 18.7 Å². The monoisotopic (exact) mass is 539 g/mol. The Bertz CT molecular complexity index is 1320. The second-order valence-corrected chi connectivity index (χ2v) is 10.3.